The summed E-state index contributed by atoms with van der Waals surface area (Å²) in [7, 11) is 1.56. The maximum Gasteiger partial charge on any atom is 0.228 e. The van der Waals surface area contributed by atoms with Crippen molar-refractivity contribution in [2.75, 3.05) is 12.4 Å². The normalized spacial score (nSPS) is 21.6. The second kappa shape index (κ2) is 7.49. The molecule has 0 radical (unpaired) electrons. The molecule has 162 valence electrons. The molecule has 0 bridgehead atoms. The monoisotopic (exact) mass is 424 g/mol. The molecule has 9 heteroatoms. The fraction of sp³-hybridized carbons (Fsp3) is 0.409. The van der Waals surface area contributed by atoms with Gasteiger partial charge in [0.2, 0.25) is 11.8 Å². The Balaban J connectivity index is 1.48. The van der Waals surface area contributed by atoms with E-state index in [0.29, 0.717) is 28.4 Å². The van der Waals surface area contributed by atoms with Gasteiger partial charge in [-0.1, -0.05) is 6.92 Å². The topological polar surface area (TPSA) is 100 Å². The summed E-state index contributed by atoms with van der Waals surface area (Å²) in [6.07, 6.45) is 10.9. The number of aromatic nitrogens is 5. The summed E-state index contributed by atoms with van der Waals surface area (Å²) in [4.78, 5) is 16.4. The molecule has 4 aromatic heterocycles. The van der Waals surface area contributed by atoms with E-state index in [1.807, 2.05) is 13.1 Å². The van der Waals surface area contributed by atoms with Crippen molar-refractivity contribution >= 4 is 22.6 Å². The predicted octanol–water partition coefficient (Wildman–Crippen LogP) is 3.92. The van der Waals surface area contributed by atoms with Gasteiger partial charge in [-0.05, 0) is 38.2 Å². The Morgan fingerprint density at radius 1 is 1.35 bits per heavy atom. The summed E-state index contributed by atoms with van der Waals surface area (Å²) in [5.74, 6) is 0.482. The van der Waals surface area contributed by atoms with Gasteiger partial charge in [0.25, 0.3) is 0 Å². The molecule has 1 saturated carbocycles. The van der Waals surface area contributed by atoms with Gasteiger partial charge in [0.15, 0.2) is 11.5 Å². The van der Waals surface area contributed by atoms with Gasteiger partial charge in [0.1, 0.15) is 5.65 Å². The molecule has 8 nitrogen and oxygen atoms in total. The molecule has 1 aliphatic carbocycles. The Morgan fingerprint density at radius 2 is 2.16 bits per heavy atom. The number of nitrogens with zero attached hydrogens (tertiary/aromatic N) is 4. The van der Waals surface area contributed by atoms with Gasteiger partial charge in [0.05, 0.1) is 18.1 Å². The van der Waals surface area contributed by atoms with Crippen LogP contribution in [0.5, 0.6) is 5.88 Å². The highest BCUT2D eigenvalue weighted by molar-refractivity contribution is 5.97. The van der Waals surface area contributed by atoms with Crippen LogP contribution in [0.15, 0.2) is 30.9 Å². The molecule has 4 aromatic rings. The number of hydrogen-bond donors (Lipinski definition) is 3. The van der Waals surface area contributed by atoms with Crippen LogP contribution in [0.1, 0.15) is 39.0 Å². The van der Waals surface area contributed by atoms with Gasteiger partial charge in [-0.15, -0.1) is 0 Å². The Bertz CT molecular complexity index is 1240. The van der Waals surface area contributed by atoms with Crippen LogP contribution in [0.25, 0.3) is 27.8 Å². The number of anilines is 1. The largest absolute Gasteiger partial charge is 0.480 e. The number of nitrogens with one attached hydrogen (secondary N) is 2. The highest BCUT2D eigenvalue weighted by Gasteiger charge is 2.31. The van der Waals surface area contributed by atoms with Gasteiger partial charge in [-0.2, -0.15) is 9.97 Å². The molecule has 31 heavy (non-hydrogen) atoms. The number of hydrogen-bond acceptors (Lipinski definition) is 6. The van der Waals surface area contributed by atoms with E-state index in [0.717, 1.165) is 37.7 Å². The van der Waals surface area contributed by atoms with E-state index in [4.69, 9.17) is 4.74 Å². The number of aliphatic hydroxyl groups is 1. The number of rotatable bonds is 5. The van der Waals surface area contributed by atoms with Crippen molar-refractivity contribution in [3.05, 3.63) is 36.7 Å². The highest BCUT2D eigenvalue weighted by atomic mass is 19.1. The predicted molar refractivity (Wildman–Crippen MR) is 116 cm³/mol. The average Bonchev–Trinajstić information content (AvgIpc) is 3.42. The van der Waals surface area contributed by atoms with Crippen molar-refractivity contribution in [2.45, 2.75) is 50.7 Å². The van der Waals surface area contributed by atoms with Gasteiger partial charge in [-0.25, -0.2) is 9.37 Å². The molecular weight excluding hydrogens is 399 g/mol. The Kier molecular flexibility index (Phi) is 4.77. The molecule has 0 amide bonds. The van der Waals surface area contributed by atoms with Crippen molar-refractivity contribution < 1.29 is 14.2 Å². The summed E-state index contributed by atoms with van der Waals surface area (Å²) >= 11 is 0. The van der Waals surface area contributed by atoms with Gasteiger partial charge >= 0.3 is 0 Å². The van der Waals surface area contributed by atoms with Gasteiger partial charge in [0, 0.05) is 42.0 Å². The van der Waals surface area contributed by atoms with Crippen LogP contribution < -0.4 is 10.1 Å². The van der Waals surface area contributed by atoms with E-state index in [9.17, 15) is 9.50 Å². The second-order valence-corrected chi connectivity index (χ2v) is 8.21. The van der Waals surface area contributed by atoms with Crippen LogP contribution in [-0.4, -0.2) is 48.2 Å². The van der Waals surface area contributed by atoms with Gasteiger partial charge in [-0.3, -0.25) is 0 Å². The lowest BCUT2D eigenvalue weighted by atomic mass is 9.80. The zero-order chi connectivity index (χ0) is 21.6. The number of ether oxygens (including phenoxy) is 1. The molecule has 0 saturated heterocycles. The maximum absolute atomic E-state index is 14.5. The molecule has 0 aliphatic heterocycles. The Hall–Kier alpha value is -3.20. The molecule has 0 unspecified atom stereocenters. The summed E-state index contributed by atoms with van der Waals surface area (Å²) in [6, 6.07) is 1.65. The van der Waals surface area contributed by atoms with E-state index in [-0.39, 0.29) is 11.7 Å². The number of aromatic amines is 1. The molecule has 0 spiro atoms. The smallest absolute Gasteiger partial charge is 0.228 e. The van der Waals surface area contributed by atoms with E-state index in [1.165, 1.54) is 6.07 Å². The van der Waals surface area contributed by atoms with Crippen molar-refractivity contribution in [1.82, 2.24) is 24.3 Å². The Labute approximate surface area is 178 Å². The third-order valence-electron chi connectivity index (χ3n) is 6.35. The number of fused-ring (bicyclic) bond motifs is 2. The molecule has 5 rings (SSSR count). The summed E-state index contributed by atoms with van der Waals surface area (Å²) in [5, 5.41) is 14.5. The quantitative estimate of drug-likeness (QED) is 0.449. The number of imidazole rings is 1. The van der Waals surface area contributed by atoms with Crippen LogP contribution in [0.4, 0.5) is 10.3 Å². The van der Waals surface area contributed by atoms with Crippen LogP contribution >= 0.6 is 0 Å². The first-order valence-electron chi connectivity index (χ1n) is 10.5. The number of halogens is 1. The SMILES string of the molecule is CC[C@]1(O)CC[C@H](Nc2nc(OC)c3c(-c4cc(F)c5nccn5c4)c[nH]c3n2)CC1. The lowest BCUT2D eigenvalue weighted by molar-refractivity contribution is -0.00198. The van der Waals surface area contributed by atoms with Crippen LogP contribution in [0, 0.1) is 5.82 Å². The minimum absolute atomic E-state index is 0.196. The fourth-order valence-electron chi connectivity index (χ4n) is 4.41. The van der Waals surface area contributed by atoms with Crippen LogP contribution in [-0.2, 0) is 0 Å². The highest BCUT2D eigenvalue weighted by Crippen LogP contribution is 2.36. The lowest BCUT2D eigenvalue weighted by Gasteiger charge is -2.35. The van der Waals surface area contributed by atoms with Crippen LogP contribution in [0.3, 0.4) is 0 Å². The first kappa shape index (κ1) is 19.7. The van der Waals surface area contributed by atoms with E-state index in [1.54, 1.807) is 30.1 Å². The molecule has 3 N–H and O–H groups in total. The van der Waals surface area contributed by atoms with Gasteiger partial charge < -0.3 is 24.5 Å². The van der Waals surface area contributed by atoms with E-state index < -0.39 is 11.4 Å². The molecule has 1 fully saturated rings. The third kappa shape index (κ3) is 3.48. The molecule has 0 aromatic carbocycles. The van der Waals surface area contributed by atoms with Crippen molar-refractivity contribution in [1.29, 1.82) is 0 Å². The molecule has 1 aliphatic rings. The lowest BCUT2D eigenvalue weighted by Crippen LogP contribution is -2.38. The first-order valence-corrected chi connectivity index (χ1v) is 10.5. The summed E-state index contributed by atoms with van der Waals surface area (Å²) < 4.78 is 21.7. The molecular formula is C22H25FN6O2. The Morgan fingerprint density at radius 3 is 2.90 bits per heavy atom. The number of methoxy groups -OCH3 is 1. The molecule has 0 atom stereocenters. The van der Waals surface area contributed by atoms with Crippen molar-refractivity contribution in [3.63, 3.8) is 0 Å². The zero-order valence-electron chi connectivity index (χ0n) is 17.5. The second-order valence-electron chi connectivity index (χ2n) is 8.21. The number of H-pyrrole nitrogens is 1. The van der Waals surface area contributed by atoms with Crippen molar-refractivity contribution in [3.8, 4) is 17.0 Å². The van der Waals surface area contributed by atoms with Crippen molar-refractivity contribution in [2.24, 2.45) is 0 Å². The fourth-order valence-corrected chi connectivity index (χ4v) is 4.41. The zero-order valence-corrected chi connectivity index (χ0v) is 17.5. The first-order chi connectivity index (χ1) is 15.0. The maximum atomic E-state index is 14.5. The van der Waals surface area contributed by atoms with E-state index >= 15 is 0 Å². The standard InChI is InChI=1S/C22H25FN6O2/c1-3-22(30)6-4-14(5-7-22)26-21-27-18-17(20(28-21)31-2)15(11-25-18)13-10-16(23)19-24-8-9-29(19)12-13/h8-12,14,30H,3-7H2,1-2H3,(H2,25,26,27,28)/t14-,22-. The minimum atomic E-state index is -0.555. The average molecular weight is 424 g/mol. The third-order valence-corrected chi connectivity index (χ3v) is 6.35. The number of pyridine rings is 1. The van der Waals surface area contributed by atoms with Crippen LogP contribution in [0.2, 0.25) is 0 Å². The minimum Gasteiger partial charge on any atom is -0.480 e. The summed E-state index contributed by atoms with van der Waals surface area (Å²) in [6.45, 7) is 2.02. The molecule has 4 heterocycles. The summed E-state index contributed by atoms with van der Waals surface area (Å²) in [5.41, 5.74) is 1.75. The van der Waals surface area contributed by atoms with E-state index in [2.05, 4.69) is 25.3 Å².